The zero-order valence-electron chi connectivity index (χ0n) is 12.7. The van der Waals surface area contributed by atoms with E-state index in [0.717, 1.165) is 5.56 Å². The smallest absolute Gasteiger partial charge is 0.270 e. The summed E-state index contributed by atoms with van der Waals surface area (Å²) in [5, 5.41) is 20.3. The molecule has 1 aromatic heterocycles. The van der Waals surface area contributed by atoms with Crippen molar-refractivity contribution in [2.24, 2.45) is 0 Å². The van der Waals surface area contributed by atoms with Crippen molar-refractivity contribution in [2.75, 3.05) is 5.32 Å². The van der Waals surface area contributed by atoms with E-state index in [2.05, 4.69) is 20.5 Å². The summed E-state index contributed by atoms with van der Waals surface area (Å²) < 4.78 is 0. The Bertz CT molecular complexity index is 902. The van der Waals surface area contributed by atoms with Crippen LogP contribution in [0.1, 0.15) is 16.2 Å². The van der Waals surface area contributed by atoms with Crippen molar-refractivity contribution < 1.29 is 9.72 Å². The molecule has 0 aliphatic rings. The summed E-state index contributed by atoms with van der Waals surface area (Å²) in [5.74, 6) is 0.873. The minimum atomic E-state index is -0.537. The fourth-order valence-corrected chi connectivity index (χ4v) is 2.14. The van der Waals surface area contributed by atoms with Gasteiger partial charge in [0.15, 0.2) is 5.82 Å². The van der Waals surface area contributed by atoms with Crippen LogP contribution in [-0.4, -0.2) is 26.0 Å². The number of nitrogens with one attached hydrogen (secondary N) is 2. The topological polar surface area (TPSA) is 114 Å². The van der Waals surface area contributed by atoms with Crippen molar-refractivity contribution in [3.05, 3.63) is 70.0 Å². The van der Waals surface area contributed by atoms with Crippen LogP contribution in [0.25, 0.3) is 11.4 Å². The Morgan fingerprint density at radius 1 is 1.21 bits per heavy atom. The average Bonchev–Trinajstić information content (AvgIpc) is 3.02. The van der Waals surface area contributed by atoms with Gasteiger partial charge in [-0.25, -0.2) is 4.98 Å². The number of non-ortho nitro benzene ring substituents is 1. The number of hydrogen-bond acceptors (Lipinski definition) is 5. The third-order valence-electron chi connectivity index (χ3n) is 3.32. The van der Waals surface area contributed by atoms with E-state index in [4.69, 9.17) is 0 Å². The highest BCUT2D eigenvalue weighted by molar-refractivity contribution is 6.04. The fraction of sp³-hybridized carbons (Fsp3) is 0.0625. The van der Waals surface area contributed by atoms with Crippen molar-refractivity contribution >= 4 is 17.3 Å². The summed E-state index contributed by atoms with van der Waals surface area (Å²) in [4.78, 5) is 26.6. The first-order valence-electron chi connectivity index (χ1n) is 7.08. The Kier molecular flexibility index (Phi) is 4.02. The SMILES string of the molecule is Cc1nc(-c2ccc(NC(=O)c3cccc([N+](=O)[O-])c3)cc2)n[nH]1. The number of H-pyrrole nitrogens is 1. The second kappa shape index (κ2) is 6.29. The number of benzene rings is 2. The van der Waals surface area contributed by atoms with Gasteiger partial charge in [-0.15, -0.1) is 0 Å². The van der Waals surface area contributed by atoms with Crippen LogP contribution in [0, 0.1) is 17.0 Å². The average molecular weight is 323 g/mol. The van der Waals surface area contributed by atoms with E-state index < -0.39 is 10.8 Å². The number of aromatic amines is 1. The van der Waals surface area contributed by atoms with Crippen LogP contribution in [0.15, 0.2) is 48.5 Å². The summed E-state index contributed by atoms with van der Waals surface area (Å²) in [6, 6.07) is 12.6. The number of amides is 1. The molecule has 24 heavy (non-hydrogen) atoms. The van der Waals surface area contributed by atoms with Crippen molar-refractivity contribution in [3.63, 3.8) is 0 Å². The van der Waals surface area contributed by atoms with Crippen LogP contribution in [-0.2, 0) is 0 Å². The molecule has 120 valence electrons. The van der Waals surface area contributed by atoms with Gasteiger partial charge in [-0.1, -0.05) is 6.07 Å². The molecule has 8 nitrogen and oxygen atoms in total. The molecule has 8 heteroatoms. The monoisotopic (exact) mass is 323 g/mol. The Hall–Kier alpha value is -3.55. The van der Waals surface area contributed by atoms with Crippen LogP contribution in [0.2, 0.25) is 0 Å². The first kappa shape index (κ1) is 15.3. The summed E-state index contributed by atoms with van der Waals surface area (Å²) in [6.45, 7) is 1.81. The number of aromatic nitrogens is 3. The highest BCUT2D eigenvalue weighted by Gasteiger charge is 2.12. The maximum atomic E-state index is 12.2. The van der Waals surface area contributed by atoms with Gasteiger partial charge in [0.2, 0.25) is 0 Å². The van der Waals surface area contributed by atoms with E-state index in [1.165, 1.54) is 24.3 Å². The minimum Gasteiger partial charge on any atom is -0.322 e. The maximum Gasteiger partial charge on any atom is 0.270 e. The van der Waals surface area contributed by atoms with Crippen LogP contribution < -0.4 is 5.32 Å². The third kappa shape index (κ3) is 3.27. The molecule has 0 spiro atoms. The number of aryl methyl sites for hydroxylation is 1. The van der Waals surface area contributed by atoms with E-state index in [-0.39, 0.29) is 11.3 Å². The normalized spacial score (nSPS) is 10.4. The minimum absolute atomic E-state index is 0.127. The standard InChI is InChI=1S/C16H13N5O3/c1-10-17-15(20-19-10)11-5-7-13(8-6-11)18-16(22)12-3-2-4-14(9-12)21(23)24/h2-9H,1H3,(H,18,22)(H,17,19,20). The first-order chi connectivity index (χ1) is 11.5. The highest BCUT2D eigenvalue weighted by atomic mass is 16.6. The van der Waals surface area contributed by atoms with Gasteiger partial charge in [0.1, 0.15) is 5.82 Å². The number of hydrogen-bond donors (Lipinski definition) is 2. The first-order valence-corrected chi connectivity index (χ1v) is 7.08. The molecule has 0 saturated heterocycles. The molecule has 3 aromatic rings. The second-order valence-corrected chi connectivity index (χ2v) is 5.08. The highest BCUT2D eigenvalue weighted by Crippen LogP contribution is 2.19. The van der Waals surface area contributed by atoms with Gasteiger partial charge < -0.3 is 5.32 Å². The van der Waals surface area contributed by atoms with E-state index in [1.807, 2.05) is 6.92 Å². The molecule has 0 saturated carbocycles. The number of anilines is 1. The van der Waals surface area contributed by atoms with Gasteiger partial charge in [0.25, 0.3) is 11.6 Å². The summed E-state index contributed by atoms with van der Waals surface area (Å²) in [5.41, 5.74) is 1.48. The van der Waals surface area contributed by atoms with Crippen LogP contribution in [0.4, 0.5) is 11.4 Å². The number of nitro groups is 1. The lowest BCUT2D eigenvalue weighted by atomic mass is 10.1. The molecule has 0 aliphatic heterocycles. The number of carbonyl (C=O) groups excluding carboxylic acids is 1. The summed E-state index contributed by atoms with van der Waals surface area (Å²) in [7, 11) is 0. The Balaban J connectivity index is 1.75. The molecule has 0 radical (unpaired) electrons. The zero-order chi connectivity index (χ0) is 17.1. The quantitative estimate of drug-likeness (QED) is 0.566. The molecule has 0 aliphatic carbocycles. The van der Waals surface area contributed by atoms with Crippen molar-refractivity contribution in [1.82, 2.24) is 15.2 Å². The summed E-state index contributed by atoms with van der Waals surface area (Å²) in [6.07, 6.45) is 0. The largest absolute Gasteiger partial charge is 0.322 e. The van der Waals surface area contributed by atoms with Crippen LogP contribution >= 0.6 is 0 Å². The molecule has 2 aromatic carbocycles. The van der Waals surface area contributed by atoms with Gasteiger partial charge in [-0.05, 0) is 37.3 Å². The Morgan fingerprint density at radius 3 is 2.58 bits per heavy atom. The Labute approximate surface area is 136 Å². The lowest BCUT2D eigenvalue weighted by molar-refractivity contribution is -0.384. The second-order valence-electron chi connectivity index (χ2n) is 5.08. The van der Waals surface area contributed by atoms with E-state index in [0.29, 0.717) is 17.3 Å². The van der Waals surface area contributed by atoms with Gasteiger partial charge in [-0.2, -0.15) is 5.10 Å². The maximum absolute atomic E-state index is 12.2. The van der Waals surface area contributed by atoms with E-state index in [1.54, 1.807) is 24.3 Å². The molecule has 1 heterocycles. The molecule has 3 rings (SSSR count). The van der Waals surface area contributed by atoms with Crippen molar-refractivity contribution in [1.29, 1.82) is 0 Å². The van der Waals surface area contributed by atoms with Gasteiger partial charge in [-0.3, -0.25) is 20.0 Å². The van der Waals surface area contributed by atoms with E-state index >= 15 is 0 Å². The predicted molar refractivity (Wildman–Crippen MR) is 87.6 cm³/mol. The summed E-state index contributed by atoms with van der Waals surface area (Å²) >= 11 is 0. The zero-order valence-corrected chi connectivity index (χ0v) is 12.7. The molecular weight excluding hydrogens is 310 g/mol. The molecule has 0 fully saturated rings. The predicted octanol–water partition coefficient (Wildman–Crippen LogP) is 2.94. The fourth-order valence-electron chi connectivity index (χ4n) is 2.14. The van der Waals surface area contributed by atoms with Crippen LogP contribution in [0.5, 0.6) is 0 Å². The van der Waals surface area contributed by atoms with Crippen LogP contribution in [0.3, 0.4) is 0 Å². The number of nitro benzene ring substituents is 1. The number of rotatable bonds is 4. The Morgan fingerprint density at radius 2 is 1.96 bits per heavy atom. The number of nitrogens with zero attached hydrogens (tertiary/aromatic N) is 3. The van der Waals surface area contributed by atoms with Gasteiger partial charge in [0.05, 0.1) is 4.92 Å². The molecule has 2 N–H and O–H groups in total. The lowest BCUT2D eigenvalue weighted by Gasteiger charge is -2.05. The van der Waals surface area contributed by atoms with Crippen molar-refractivity contribution in [2.45, 2.75) is 6.92 Å². The third-order valence-corrected chi connectivity index (χ3v) is 3.32. The lowest BCUT2D eigenvalue weighted by Crippen LogP contribution is -2.12. The van der Waals surface area contributed by atoms with E-state index in [9.17, 15) is 14.9 Å². The molecule has 0 bridgehead atoms. The molecule has 1 amide bonds. The molecular formula is C16H13N5O3. The molecule has 0 atom stereocenters. The van der Waals surface area contributed by atoms with Gasteiger partial charge >= 0.3 is 0 Å². The van der Waals surface area contributed by atoms with Gasteiger partial charge in [0, 0.05) is 28.9 Å². The molecule has 0 unspecified atom stereocenters. The number of carbonyl (C=O) groups is 1. The van der Waals surface area contributed by atoms with Crippen molar-refractivity contribution in [3.8, 4) is 11.4 Å².